The first-order valence-electron chi connectivity index (χ1n) is 4.94. The van der Waals surface area contributed by atoms with Gasteiger partial charge in [-0.1, -0.05) is 12.1 Å². The Kier molecular flexibility index (Phi) is 2.34. The number of hydrogen-bond donors (Lipinski definition) is 1. The van der Waals surface area contributed by atoms with Crippen LogP contribution in [0.3, 0.4) is 0 Å². The van der Waals surface area contributed by atoms with Crippen LogP contribution in [0.5, 0.6) is 5.75 Å². The summed E-state index contributed by atoms with van der Waals surface area (Å²) in [4.78, 5) is 0.722. The monoisotopic (exact) mass is 244 g/mol. The summed E-state index contributed by atoms with van der Waals surface area (Å²) in [5.41, 5.74) is 0. The third kappa shape index (κ3) is 1.78. The molecular weight excluding hydrogens is 236 g/mol. The van der Waals surface area contributed by atoms with E-state index in [1.165, 1.54) is 28.7 Å². The normalized spacial score (nSPS) is 11.5. The van der Waals surface area contributed by atoms with Crippen LogP contribution in [0, 0.1) is 0 Å². The maximum absolute atomic E-state index is 10.00. The molecule has 0 radical (unpaired) electrons. The summed E-state index contributed by atoms with van der Waals surface area (Å²) in [6.07, 6.45) is 4.57. The van der Waals surface area contributed by atoms with Gasteiger partial charge in [0.1, 0.15) is 18.4 Å². The topological polar surface area (TPSA) is 63.3 Å². The lowest BCUT2D eigenvalue weighted by Crippen LogP contribution is -1.84. The number of benzene rings is 1. The Bertz CT molecular complexity index is 672. The Morgan fingerprint density at radius 3 is 2.76 bits per heavy atom. The van der Waals surface area contributed by atoms with Crippen molar-refractivity contribution in [3.05, 3.63) is 41.8 Å². The van der Waals surface area contributed by atoms with Crippen molar-refractivity contribution in [1.82, 2.24) is 14.9 Å². The maximum atomic E-state index is 10.00. The minimum Gasteiger partial charge on any atom is -0.506 e. The van der Waals surface area contributed by atoms with Crippen LogP contribution in [0.15, 0.2) is 42.0 Å². The van der Waals surface area contributed by atoms with Gasteiger partial charge in [0.15, 0.2) is 0 Å². The predicted octanol–water partition coefficient (Wildman–Crippen LogP) is 2.08. The lowest BCUT2D eigenvalue weighted by atomic mass is 10.2. The summed E-state index contributed by atoms with van der Waals surface area (Å²) in [5, 5.41) is 22.2. The zero-order valence-corrected chi connectivity index (χ0v) is 9.50. The lowest BCUT2D eigenvalue weighted by Gasteiger charge is -1.90. The molecule has 0 bridgehead atoms. The highest BCUT2D eigenvalue weighted by Gasteiger charge is 2.08. The number of hydrogen-bond acceptors (Lipinski definition) is 5. The first-order chi connectivity index (χ1) is 8.34. The second kappa shape index (κ2) is 3.99. The first kappa shape index (κ1) is 9.98. The average Bonchev–Trinajstić information content (AvgIpc) is 2.96. The summed E-state index contributed by atoms with van der Waals surface area (Å²) in [5.74, 6) is 0.266. The molecule has 0 fully saturated rings. The molecule has 0 aliphatic rings. The Hall–Kier alpha value is -2.21. The summed E-state index contributed by atoms with van der Waals surface area (Å²) in [6.45, 7) is 0. The molecule has 0 saturated heterocycles. The molecule has 6 heteroatoms. The molecule has 17 heavy (non-hydrogen) atoms. The fourth-order valence-electron chi connectivity index (χ4n) is 1.51. The largest absolute Gasteiger partial charge is 0.506 e. The van der Waals surface area contributed by atoms with Gasteiger partial charge in [0.05, 0.1) is 11.1 Å². The predicted molar refractivity (Wildman–Crippen MR) is 66.5 cm³/mol. The highest BCUT2D eigenvalue weighted by molar-refractivity contribution is 7.21. The minimum atomic E-state index is 0.266. The Balaban J connectivity index is 2.03. The summed E-state index contributed by atoms with van der Waals surface area (Å²) in [6, 6.07) is 7.70. The molecule has 0 aliphatic carbocycles. The van der Waals surface area contributed by atoms with Gasteiger partial charge in [0.25, 0.3) is 0 Å². The summed E-state index contributed by atoms with van der Waals surface area (Å²) >= 11 is 1.49. The zero-order valence-electron chi connectivity index (χ0n) is 8.69. The van der Waals surface area contributed by atoms with Gasteiger partial charge in [-0.3, -0.25) is 0 Å². The van der Waals surface area contributed by atoms with Gasteiger partial charge in [0, 0.05) is 10.1 Å². The molecular formula is C11H8N4OS. The average molecular weight is 244 g/mol. The van der Waals surface area contributed by atoms with Crippen LogP contribution < -0.4 is 0 Å². The van der Waals surface area contributed by atoms with Crippen LogP contribution in [0.25, 0.3) is 10.1 Å². The van der Waals surface area contributed by atoms with E-state index in [1.807, 2.05) is 24.3 Å². The van der Waals surface area contributed by atoms with Gasteiger partial charge in [-0.25, -0.2) is 4.68 Å². The number of rotatable bonds is 2. The van der Waals surface area contributed by atoms with Crippen LogP contribution >= 0.6 is 11.3 Å². The minimum absolute atomic E-state index is 0.266. The summed E-state index contributed by atoms with van der Waals surface area (Å²) < 4.78 is 2.51. The van der Waals surface area contributed by atoms with Crippen LogP contribution in [-0.2, 0) is 0 Å². The number of aromatic hydroxyl groups is 1. The van der Waals surface area contributed by atoms with Crippen molar-refractivity contribution in [3.63, 3.8) is 0 Å². The summed E-state index contributed by atoms with van der Waals surface area (Å²) in [7, 11) is 0. The van der Waals surface area contributed by atoms with Crippen molar-refractivity contribution in [2.24, 2.45) is 5.10 Å². The standard InChI is InChI=1S/C11H8N4OS/c16-11-8-3-1-2-4-9(8)17-10(11)5-14-15-6-12-13-7-15/h1-7,16H/b14-5+. The van der Waals surface area contributed by atoms with E-state index in [2.05, 4.69) is 15.3 Å². The highest BCUT2D eigenvalue weighted by atomic mass is 32.1. The van der Waals surface area contributed by atoms with Crippen molar-refractivity contribution in [2.45, 2.75) is 0 Å². The molecule has 2 heterocycles. The van der Waals surface area contributed by atoms with Crippen LogP contribution in [0.4, 0.5) is 0 Å². The highest BCUT2D eigenvalue weighted by Crippen LogP contribution is 2.35. The number of thiophene rings is 1. The van der Waals surface area contributed by atoms with E-state index in [-0.39, 0.29) is 5.75 Å². The fraction of sp³-hybridized carbons (Fsp3) is 0. The van der Waals surface area contributed by atoms with Gasteiger partial charge >= 0.3 is 0 Å². The molecule has 0 unspecified atom stereocenters. The molecule has 84 valence electrons. The molecule has 3 rings (SSSR count). The molecule has 0 spiro atoms. The quantitative estimate of drug-likeness (QED) is 0.702. The van der Waals surface area contributed by atoms with E-state index in [4.69, 9.17) is 0 Å². The second-order valence-corrected chi connectivity index (χ2v) is 4.48. The van der Waals surface area contributed by atoms with Crippen molar-refractivity contribution < 1.29 is 5.11 Å². The van der Waals surface area contributed by atoms with E-state index < -0.39 is 0 Å². The Morgan fingerprint density at radius 1 is 1.24 bits per heavy atom. The smallest absolute Gasteiger partial charge is 0.143 e. The van der Waals surface area contributed by atoms with Gasteiger partial charge < -0.3 is 5.11 Å². The van der Waals surface area contributed by atoms with Crippen molar-refractivity contribution >= 4 is 27.6 Å². The zero-order chi connectivity index (χ0) is 11.7. The van der Waals surface area contributed by atoms with E-state index >= 15 is 0 Å². The molecule has 1 N–H and O–H groups in total. The van der Waals surface area contributed by atoms with E-state index in [1.54, 1.807) is 6.21 Å². The van der Waals surface area contributed by atoms with E-state index in [0.29, 0.717) is 0 Å². The first-order valence-corrected chi connectivity index (χ1v) is 5.76. The Morgan fingerprint density at radius 2 is 2.00 bits per heavy atom. The Labute approximate surface area is 101 Å². The van der Waals surface area contributed by atoms with Crippen molar-refractivity contribution in [1.29, 1.82) is 0 Å². The van der Waals surface area contributed by atoms with Gasteiger partial charge in [0.2, 0.25) is 0 Å². The molecule has 0 atom stereocenters. The molecule has 2 aromatic heterocycles. The lowest BCUT2D eigenvalue weighted by molar-refractivity contribution is 0.483. The van der Waals surface area contributed by atoms with Crippen LogP contribution in [-0.4, -0.2) is 26.2 Å². The SMILES string of the molecule is Oc1c(/C=N/n2cnnc2)sc2ccccc12. The molecule has 0 saturated carbocycles. The fourth-order valence-corrected chi connectivity index (χ4v) is 2.48. The maximum Gasteiger partial charge on any atom is 0.143 e. The second-order valence-electron chi connectivity index (χ2n) is 3.40. The molecule has 0 amide bonds. The van der Waals surface area contributed by atoms with Crippen molar-refractivity contribution in [2.75, 3.05) is 0 Å². The van der Waals surface area contributed by atoms with Crippen LogP contribution in [0.1, 0.15) is 4.88 Å². The van der Waals surface area contributed by atoms with E-state index in [0.717, 1.165) is 15.0 Å². The molecule has 0 aliphatic heterocycles. The van der Waals surface area contributed by atoms with Gasteiger partial charge in [-0.15, -0.1) is 21.5 Å². The third-order valence-electron chi connectivity index (χ3n) is 2.31. The third-order valence-corrected chi connectivity index (χ3v) is 3.40. The van der Waals surface area contributed by atoms with Gasteiger partial charge in [-0.2, -0.15) is 5.10 Å². The van der Waals surface area contributed by atoms with Crippen LogP contribution in [0.2, 0.25) is 0 Å². The number of aromatic nitrogens is 3. The molecule has 1 aromatic carbocycles. The number of fused-ring (bicyclic) bond motifs is 1. The molecule has 5 nitrogen and oxygen atoms in total. The van der Waals surface area contributed by atoms with E-state index in [9.17, 15) is 5.11 Å². The number of nitrogens with zero attached hydrogens (tertiary/aromatic N) is 4. The van der Waals surface area contributed by atoms with Gasteiger partial charge in [-0.05, 0) is 12.1 Å². The van der Waals surface area contributed by atoms with Crippen molar-refractivity contribution in [3.8, 4) is 5.75 Å². The molecule has 3 aromatic rings.